The van der Waals surface area contributed by atoms with Crippen LogP contribution in [0.5, 0.6) is 0 Å². The summed E-state index contributed by atoms with van der Waals surface area (Å²) in [5.74, 6) is 0.224. The number of benzene rings is 1. The lowest BCUT2D eigenvalue weighted by Crippen LogP contribution is -2.49. The number of aryl methyl sites for hydroxylation is 2. The van der Waals surface area contributed by atoms with Crippen LogP contribution in [0.2, 0.25) is 0 Å². The third kappa shape index (κ3) is 5.78. The molecule has 0 bridgehead atoms. The van der Waals surface area contributed by atoms with Crippen molar-refractivity contribution in [2.45, 2.75) is 52.0 Å². The van der Waals surface area contributed by atoms with Gasteiger partial charge in [-0.2, -0.15) is 4.98 Å². The van der Waals surface area contributed by atoms with Gasteiger partial charge in [0.25, 0.3) is 0 Å². The first kappa shape index (κ1) is 22.1. The number of nitrogens with one attached hydrogen (secondary N) is 1. The second-order valence-electron chi connectivity index (χ2n) is 6.32. The molecule has 0 unspecified atom stereocenters. The summed E-state index contributed by atoms with van der Waals surface area (Å²) < 4.78 is 18.8. The van der Waals surface area contributed by atoms with Gasteiger partial charge in [0.15, 0.2) is 0 Å². The second-order valence-corrected chi connectivity index (χ2v) is 6.32. The minimum Gasteiger partial charge on any atom is -0.354 e. The molecule has 0 spiro atoms. The molecule has 1 aromatic carbocycles. The van der Waals surface area contributed by atoms with Crippen LogP contribution in [0.15, 0.2) is 22.7 Å². The smallest absolute Gasteiger partial charge is 0.227 e. The Hall–Kier alpha value is -1.99. The van der Waals surface area contributed by atoms with Crippen LogP contribution >= 0.6 is 12.4 Å². The zero-order valence-corrected chi connectivity index (χ0v) is 16.2. The fourth-order valence-electron chi connectivity index (χ4n) is 2.29. The van der Waals surface area contributed by atoms with Crippen molar-refractivity contribution in [3.05, 3.63) is 35.5 Å². The molecule has 0 saturated heterocycles. The van der Waals surface area contributed by atoms with E-state index in [1.54, 1.807) is 19.1 Å². The maximum Gasteiger partial charge on any atom is 0.227 e. The van der Waals surface area contributed by atoms with Gasteiger partial charge in [-0.05, 0) is 31.4 Å². The predicted molar refractivity (Wildman–Crippen MR) is 101 cm³/mol. The summed E-state index contributed by atoms with van der Waals surface area (Å²) in [6, 6.07) is 4.76. The average Bonchev–Trinajstić information content (AvgIpc) is 3.09. The summed E-state index contributed by atoms with van der Waals surface area (Å²) in [4.78, 5) is 16.2. The van der Waals surface area contributed by atoms with Crippen LogP contribution in [0, 0.1) is 12.7 Å². The van der Waals surface area contributed by atoms with Gasteiger partial charge in [-0.1, -0.05) is 31.1 Å². The lowest BCUT2D eigenvalue weighted by molar-refractivity contribution is -0.121. The van der Waals surface area contributed by atoms with Gasteiger partial charge in [-0.3, -0.25) is 4.79 Å². The normalized spacial score (nSPS) is 11.1. The van der Waals surface area contributed by atoms with Crippen molar-refractivity contribution < 1.29 is 13.7 Å². The van der Waals surface area contributed by atoms with Gasteiger partial charge in [0.2, 0.25) is 17.6 Å². The Balaban J connectivity index is 0.00000338. The number of nitrogens with two attached hydrogens (primary N) is 1. The highest BCUT2D eigenvalue weighted by Crippen LogP contribution is 2.19. The van der Waals surface area contributed by atoms with Crippen molar-refractivity contribution >= 4 is 18.3 Å². The van der Waals surface area contributed by atoms with E-state index in [1.165, 1.54) is 6.07 Å². The number of carbonyl (C=O) groups is 1. The molecule has 0 aliphatic heterocycles. The molecule has 0 atom stereocenters. The molecule has 1 aromatic heterocycles. The summed E-state index contributed by atoms with van der Waals surface area (Å²) in [6.07, 6.45) is 2.14. The first-order valence-electron chi connectivity index (χ1n) is 8.51. The van der Waals surface area contributed by atoms with Gasteiger partial charge < -0.3 is 15.6 Å². The molecule has 144 valence electrons. The fraction of sp³-hybridized carbons (Fsp3) is 0.500. The van der Waals surface area contributed by atoms with E-state index in [2.05, 4.69) is 15.5 Å². The Morgan fingerprint density at radius 3 is 2.65 bits per heavy atom. The van der Waals surface area contributed by atoms with Crippen LogP contribution in [0.25, 0.3) is 11.4 Å². The number of carbonyl (C=O) groups excluding carboxylic acids is 1. The number of aromatic nitrogens is 2. The zero-order chi connectivity index (χ0) is 18.4. The highest BCUT2D eigenvalue weighted by Gasteiger charge is 2.21. The Bertz CT molecular complexity index is 732. The maximum atomic E-state index is 13.6. The van der Waals surface area contributed by atoms with Crippen LogP contribution in [0.4, 0.5) is 4.39 Å². The number of amides is 1. The van der Waals surface area contributed by atoms with Crippen molar-refractivity contribution in [2.24, 2.45) is 5.73 Å². The third-order valence-electron chi connectivity index (χ3n) is 4.51. The molecular weight excluding hydrogens is 359 g/mol. The van der Waals surface area contributed by atoms with Gasteiger partial charge in [0.1, 0.15) is 5.82 Å². The van der Waals surface area contributed by atoms with Gasteiger partial charge in [-0.15, -0.1) is 12.4 Å². The third-order valence-corrected chi connectivity index (χ3v) is 4.51. The monoisotopic (exact) mass is 384 g/mol. The summed E-state index contributed by atoms with van der Waals surface area (Å²) in [5.41, 5.74) is 6.88. The lowest BCUT2D eigenvalue weighted by atomic mass is 9.94. The summed E-state index contributed by atoms with van der Waals surface area (Å²) in [6.45, 7) is 6.14. The predicted octanol–water partition coefficient (Wildman–Crippen LogP) is 3.17. The molecule has 1 amide bonds. The minimum absolute atomic E-state index is 0. The van der Waals surface area contributed by atoms with Gasteiger partial charge in [0.05, 0.1) is 0 Å². The number of nitrogens with zero attached hydrogens (tertiary/aromatic N) is 2. The summed E-state index contributed by atoms with van der Waals surface area (Å²) in [5, 5.41) is 6.69. The van der Waals surface area contributed by atoms with Gasteiger partial charge in [0, 0.05) is 30.5 Å². The SMILES string of the molecule is CCC(N)(CC)CNC(=O)CCc1nc(-c2ccc(C)c(F)c2)no1.Cl. The number of halogens is 2. The number of rotatable bonds is 8. The van der Waals surface area contributed by atoms with Crippen LogP contribution in [0.3, 0.4) is 0 Å². The van der Waals surface area contributed by atoms with Crippen LogP contribution < -0.4 is 11.1 Å². The van der Waals surface area contributed by atoms with E-state index in [4.69, 9.17) is 10.3 Å². The molecule has 0 saturated carbocycles. The first-order valence-corrected chi connectivity index (χ1v) is 8.51. The summed E-state index contributed by atoms with van der Waals surface area (Å²) >= 11 is 0. The number of hydrogen-bond acceptors (Lipinski definition) is 5. The average molecular weight is 385 g/mol. The molecule has 6 nitrogen and oxygen atoms in total. The van der Waals surface area contributed by atoms with E-state index in [1.807, 2.05) is 13.8 Å². The Morgan fingerprint density at radius 1 is 1.35 bits per heavy atom. The summed E-state index contributed by atoms with van der Waals surface area (Å²) in [7, 11) is 0. The van der Waals surface area contributed by atoms with E-state index < -0.39 is 0 Å². The molecule has 26 heavy (non-hydrogen) atoms. The van der Waals surface area contributed by atoms with Crippen molar-refractivity contribution in [2.75, 3.05) is 6.54 Å². The molecule has 3 N–H and O–H groups in total. The zero-order valence-electron chi connectivity index (χ0n) is 15.3. The molecule has 1 heterocycles. The van der Waals surface area contributed by atoms with Crippen molar-refractivity contribution in [1.29, 1.82) is 0 Å². The largest absolute Gasteiger partial charge is 0.354 e. The molecule has 2 rings (SSSR count). The van der Waals surface area contributed by atoms with Crippen LogP contribution in [-0.2, 0) is 11.2 Å². The highest BCUT2D eigenvalue weighted by atomic mass is 35.5. The molecule has 2 aromatic rings. The molecular formula is C18H26ClFN4O2. The fourth-order valence-corrected chi connectivity index (χ4v) is 2.29. The molecule has 8 heteroatoms. The van der Waals surface area contributed by atoms with Gasteiger partial charge in [-0.25, -0.2) is 4.39 Å². The maximum absolute atomic E-state index is 13.6. The topological polar surface area (TPSA) is 94.0 Å². The van der Waals surface area contributed by atoms with E-state index in [9.17, 15) is 9.18 Å². The Kier molecular flexibility index (Phi) is 8.17. The second kappa shape index (κ2) is 9.64. The highest BCUT2D eigenvalue weighted by molar-refractivity contribution is 5.85. The molecule has 0 aliphatic rings. The van der Waals surface area contributed by atoms with E-state index in [-0.39, 0.29) is 36.1 Å². The van der Waals surface area contributed by atoms with Crippen molar-refractivity contribution in [1.82, 2.24) is 15.5 Å². The number of hydrogen-bond donors (Lipinski definition) is 2. The van der Waals surface area contributed by atoms with Crippen LogP contribution in [-0.4, -0.2) is 28.1 Å². The lowest BCUT2D eigenvalue weighted by Gasteiger charge is -2.26. The van der Waals surface area contributed by atoms with Crippen molar-refractivity contribution in [3.63, 3.8) is 0 Å². The molecule has 0 radical (unpaired) electrons. The first-order chi connectivity index (χ1) is 11.9. The van der Waals surface area contributed by atoms with E-state index in [0.717, 1.165) is 12.8 Å². The standard InChI is InChI=1S/C18H25FN4O2.ClH/c1-4-18(20,5-2)11-21-15(24)8-9-16-22-17(23-25-16)13-7-6-12(3)14(19)10-13;/h6-7,10H,4-5,8-9,11,20H2,1-3H3,(H,21,24);1H. The van der Waals surface area contributed by atoms with Crippen LogP contribution in [0.1, 0.15) is 44.6 Å². The Labute approximate surface area is 159 Å². The molecule has 0 aliphatic carbocycles. The Morgan fingerprint density at radius 2 is 2.04 bits per heavy atom. The van der Waals surface area contributed by atoms with Crippen molar-refractivity contribution in [3.8, 4) is 11.4 Å². The van der Waals surface area contributed by atoms with E-state index >= 15 is 0 Å². The van der Waals surface area contributed by atoms with Gasteiger partial charge >= 0.3 is 0 Å². The van der Waals surface area contributed by atoms with E-state index in [0.29, 0.717) is 35.8 Å². The quantitative estimate of drug-likeness (QED) is 0.729. The minimum atomic E-state index is -0.372. The molecule has 0 fully saturated rings.